The second-order valence-corrected chi connectivity index (χ2v) is 8.18. The van der Waals surface area contributed by atoms with Gasteiger partial charge in [0.25, 0.3) is 0 Å². The highest BCUT2D eigenvalue weighted by atomic mass is 35.5. The zero-order valence-electron chi connectivity index (χ0n) is 19.3. The molecule has 0 bridgehead atoms. The second-order valence-electron chi connectivity index (χ2n) is 7.77. The third-order valence-corrected chi connectivity index (χ3v) is 5.64. The number of aromatic nitrogens is 3. The van der Waals surface area contributed by atoms with E-state index in [1.807, 2.05) is 0 Å². The van der Waals surface area contributed by atoms with Gasteiger partial charge in [0.2, 0.25) is 5.95 Å². The van der Waals surface area contributed by atoms with Gasteiger partial charge in [-0.2, -0.15) is 4.98 Å². The lowest BCUT2D eigenvalue weighted by Gasteiger charge is -2.26. The molecule has 0 aliphatic carbocycles. The molecule has 11 heteroatoms. The Balaban J connectivity index is 1.59. The Morgan fingerprint density at radius 1 is 1.23 bits per heavy atom. The van der Waals surface area contributed by atoms with Crippen LogP contribution in [0.25, 0.3) is 11.1 Å². The molecule has 1 saturated heterocycles. The van der Waals surface area contributed by atoms with Crippen LogP contribution in [0.15, 0.2) is 42.9 Å². The van der Waals surface area contributed by atoms with Crippen LogP contribution >= 0.6 is 11.6 Å². The third kappa shape index (κ3) is 6.62. The van der Waals surface area contributed by atoms with E-state index >= 15 is 0 Å². The number of ether oxygens (including phenoxy) is 2. The number of nitrogens with one attached hydrogen (secondary N) is 2. The fraction of sp³-hybridized carbons (Fsp3) is 0.333. The van der Waals surface area contributed by atoms with Gasteiger partial charge in [0.1, 0.15) is 11.6 Å². The van der Waals surface area contributed by atoms with Crippen molar-refractivity contribution >= 4 is 35.0 Å². The van der Waals surface area contributed by atoms with E-state index in [1.165, 1.54) is 18.3 Å². The minimum Gasteiger partial charge on any atom is -0.462 e. The summed E-state index contributed by atoms with van der Waals surface area (Å²) < 4.78 is 24.0. The van der Waals surface area contributed by atoms with Gasteiger partial charge in [0.15, 0.2) is 0 Å². The van der Waals surface area contributed by atoms with E-state index in [4.69, 9.17) is 21.1 Å². The van der Waals surface area contributed by atoms with Crippen molar-refractivity contribution in [2.75, 3.05) is 56.6 Å². The van der Waals surface area contributed by atoms with Gasteiger partial charge in [0, 0.05) is 61.6 Å². The Bertz CT molecular complexity index is 1180. The molecule has 0 amide bonds. The summed E-state index contributed by atoms with van der Waals surface area (Å²) in [5.74, 6) is -0.0874. The van der Waals surface area contributed by atoms with Gasteiger partial charge >= 0.3 is 5.97 Å². The van der Waals surface area contributed by atoms with Crippen molar-refractivity contribution < 1.29 is 18.7 Å². The molecule has 3 aromatic rings. The van der Waals surface area contributed by atoms with Gasteiger partial charge in [-0.05, 0) is 31.2 Å². The predicted octanol–water partition coefficient (Wildman–Crippen LogP) is 4.00. The van der Waals surface area contributed by atoms with Crippen LogP contribution in [0, 0.1) is 5.82 Å². The van der Waals surface area contributed by atoms with E-state index < -0.39 is 11.8 Å². The van der Waals surface area contributed by atoms with Crippen molar-refractivity contribution in [3.8, 4) is 11.1 Å². The first kappa shape index (κ1) is 24.8. The molecule has 2 aromatic heterocycles. The summed E-state index contributed by atoms with van der Waals surface area (Å²) in [5, 5.41) is 6.42. The molecule has 1 aromatic carbocycles. The van der Waals surface area contributed by atoms with Crippen molar-refractivity contribution in [1.29, 1.82) is 0 Å². The summed E-state index contributed by atoms with van der Waals surface area (Å²) in [7, 11) is 0. The van der Waals surface area contributed by atoms with Crippen molar-refractivity contribution in [3.63, 3.8) is 0 Å². The number of hydrogen-bond donors (Lipinski definition) is 2. The lowest BCUT2D eigenvalue weighted by atomic mass is 10.1. The molecule has 9 nitrogen and oxygen atoms in total. The molecular weight excluding hydrogens is 475 g/mol. The summed E-state index contributed by atoms with van der Waals surface area (Å²) in [4.78, 5) is 27.7. The summed E-state index contributed by atoms with van der Waals surface area (Å²) in [6.45, 7) is 6.66. The highest BCUT2D eigenvalue weighted by Gasteiger charge is 2.15. The Hall–Kier alpha value is -3.34. The maximum atomic E-state index is 13.5. The highest BCUT2D eigenvalue weighted by Crippen LogP contribution is 2.28. The zero-order chi connectivity index (χ0) is 24.6. The van der Waals surface area contributed by atoms with Gasteiger partial charge in [-0.15, -0.1) is 0 Å². The molecule has 0 saturated carbocycles. The lowest BCUT2D eigenvalue weighted by molar-refractivity contribution is 0.0398. The van der Waals surface area contributed by atoms with Crippen molar-refractivity contribution in [3.05, 3.63) is 59.3 Å². The SMILES string of the molecule is CCOC(=O)c1cncc(-c2cnc(Nc3ccc(F)c(Cl)c3)nc2NCCN2CCOCC2)c1. The van der Waals surface area contributed by atoms with Gasteiger partial charge in [-0.25, -0.2) is 14.2 Å². The number of pyridine rings is 1. The molecule has 1 aliphatic heterocycles. The maximum absolute atomic E-state index is 13.5. The largest absolute Gasteiger partial charge is 0.462 e. The van der Waals surface area contributed by atoms with Crippen LogP contribution in [0.3, 0.4) is 0 Å². The van der Waals surface area contributed by atoms with Crippen LogP contribution in [-0.4, -0.2) is 71.8 Å². The van der Waals surface area contributed by atoms with Crippen molar-refractivity contribution in [2.45, 2.75) is 6.92 Å². The summed E-state index contributed by atoms with van der Waals surface area (Å²) >= 11 is 5.90. The second kappa shape index (κ2) is 11.9. The number of carbonyl (C=O) groups excluding carboxylic acids is 1. The average Bonchev–Trinajstić information content (AvgIpc) is 2.87. The van der Waals surface area contributed by atoms with Crippen LogP contribution in [0.5, 0.6) is 0 Å². The van der Waals surface area contributed by atoms with Crippen LogP contribution < -0.4 is 10.6 Å². The van der Waals surface area contributed by atoms with Crippen LogP contribution in [0.2, 0.25) is 5.02 Å². The Kier molecular flexibility index (Phi) is 8.40. The third-order valence-electron chi connectivity index (χ3n) is 5.35. The molecule has 3 heterocycles. The Labute approximate surface area is 207 Å². The van der Waals surface area contributed by atoms with Gasteiger partial charge in [0.05, 0.1) is 30.4 Å². The standard InChI is InChI=1S/C24H26ClFN6O3/c1-2-35-23(33)17-11-16(13-27-14-17)19-15-29-24(30-18-3-4-21(26)20(25)12-18)31-22(19)28-5-6-32-7-9-34-10-8-32/h3-4,11-15H,2,5-10H2,1H3,(H2,28,29,30,31). The van der Waals surface area contributed by atoms with E-state index in [0.29, 0.717) is 40.7 Å². The molecule has 35 heavy (non-hydrogen) atoms. The maximum Gasteiger partial charge on any atom is 0.339 e. The van der Waals surface area contributed by atoms with Crippen molar-refractivity contribution in [2.24, 2.45) is 0 Å². The number of rotatable bonds is 9. The van der Waals surface area contributed by atoms with Crippen LogP contribution in [0.1, 0.15) is 17.3 Å². The van der Waals surface area contributed by atoms with Crippen LogP contribution in [0.4, 0.5) is 21.8 Å². The normalized spacial score (nSPS) is 13.9. The molecule has 2 N–H and O–H groups in total. The van der Waals surface area contributed by atoms with Gasteiger partial charge in [-0.3, -0.25) is 9.88 Å². The lowest BCUT2D eigenvalue weighted by Crippen LogP contribution is -2.39. The average molecular weight is 501 g/mol. The zero-order valence-corrected chi connectivity index (χ0v) is 20.0. The van der Waals surface area contributed by atoms with E-state index in [1.54, 1.807) is 31.5 Å². The van der Waals surface area contributed by atoms with Gasteiger partial charge < -0.3 is 20.1 Å². The molecule has 0 atom stereocenters. The number of halogens is 2. The fourth-order valence-electron chi connectivity index (χ4n) is 3.56. The fourth-order valence-corrected chi connectivity index (χ4v) is 3.74. The molecule has 0 spiro atoms. The Morgan fingerprint density at radius 3 is 2.83 bits per heavy atom. The highest BCUT2D eigenvalue weighted by molar-refractivity contribution is 6.31. The number of nitrogens with zero attached hydrogens (tertiary/aromatic N) is 4. The summed E-state index contributed by atoms with van der Waals surface area (Å²) in [6, 6.07) is 5.99. The number of morpholine rings is 1. The smallest absolute Gasteiger partial charge is 0.339 e. The van der Waals surface area contributed by atoms with Crippen molar-refractivity contribution in [1.82, 2.24) is 19.9 Å². The first-order valence-corrected chi connectivity index (χ1v) is 11.7. The summed E-state index contributed by atoms with van der Waals surface area (Å²) in [5.41, 5.74) is 2.23. The predicted molar refractivity (Wildman–Crippen MR) is 132 cm³/mol. The number of anilines is 3. The quantitative estimate of drug-likeness (QED) is 0.422. The molecule has 4 rings (SSSR count). The number of hydrogen-bond acceptors (Lipinski definition) is 9. The van der Waals surface area contributed by atoms with Gasteiger partial charge in [-0.1, -0.05) is 11.6 Å². The minimum absolute atomic E-state index is 0.00247. The molecule has 184 valence electrons. The molecule has 0 radical (unpaired) electrons. The number of carbonyl (C=O) groups is 1. The summed E-state index contributed by atoms with van der Waals surface area (Å²) in [6.07, 6.45) is 4.74. The van der Waals surface area contributed by atoms with Crippen LogP contribution in [-0.2, 0) is 9.47 Å². The van der Waals surface area contributed by atoms with E-state index in [9.17, 15) is 9.18 Å². The Morgan fingerprint density at radius 2 is 2.06 bits per heavy atom. The van der Waals surface area contributed by atoms with E-state index in [-0.39, 0.29) is 11.6 Å². The monoisotopic (exact) mass is 500 g/mol. The molecule has 0 unspecified atom stereocenters. The first-order chi connectivity index (χ1) is 17.0. The van der Waals surface area contributed by atoms with E-state index in [0.717, 1.165) is 32.8 Å². The van der Waals surface area contributed by atoms with E-state index in [2.05, 4.69) is 30.5 Å². The first-order valence-electron chi connectivity index (χ1n) is 11.3. The number of benzene rings is 1. The molecule has 1 aliphatic rings. The molecular formula is C24H26ClFN6O3. The molecule has 1 fully saturated rings. The topological polar surface area (TPSA) is 102 Å². The minimum atomic E-state index is -0.507. The number of esters is 1.